The van der Waals surface area contributed by atoms with Crippen molar-refractivity contribution in [2.75, 3.05) is 23.9 Å². The van der Waals surface area contributed by atoms with Crippen molar-refractivity contribution < 1.29 is 16.8 Å². The van der Waals surface area contributed by atoms with Gasteiger partial charge in [0.15, 0.2) is 0 Å². The van der Waals surface area contributed by atoms with Gasteiger partial charge < -0.3 is 0 Å². The molecule has 156 valence electrons. The van der Waals surface area contributed by atoms with Crippen molar-refractivity contribution in [1.82, 2.24) is 4.31 Å². The molecule has 1 aliphatic rings. The quantitative estimate of drug-likeness (QED) is 0.638. The van der Waals surface area contributed by atoms with Crippen LogP contribution in [0.25, 0.3) is 6.08 Å². The molecule has 6 nitrogen and oxygen atoms in total. The van der Waals surface area contributed by atoms with Crippen molar-refractivity contribution in [3.8, 4) is 0 Å². The van der Waals surface area contributed by atoms with Crippen molar-refractivity contribution in [2.24, 2.45) is 0 Å². The molecule has 29 heavy (non-hydrogen) atoms. The topological polar surface area (TPSA) is 74.8 Å². The molecule has 2 aromatic rings. The molecule has 0 N–H and O–H groups in total. The Labute approximate surface area is 177 Å². The van der Waals surface area contributed by atoms with Gasteiger partial charge in [-0.05, 0) is 54.0 Å². The van der Waals surface area contributed by atoms with Gasteiger partial charge in [0.05, 0.1) is 16.0 Å². The number of fused-ring (bicyclic) bond motifs is 1. The van der Waals surface area contributed by atoms with Gasteiger partial charge in [-0.15, -0.1) is 0 Å². The van der Waals surface area contributed by atoms with Gasteiger partial charge in [0, 0.05) is 24.7 Å². The number of halogens is 1. The summed E-state index contributed by atoms with van der Waals surface area (Å²) < 4.78 is 53.8. The van der Waals surface area contributed by atoms with Crippen molar-refractivity contribution in [2.45, 2.75) is 25.2 Å². The van der Waals surface area contributed by atoms with Gasteiger partial charge in [-0.3, -0.25) is 4.31 Å². The monoisotopic (exact) mass is 454 g/mol. The summed E-state index contributed by atoms with van der Waals surface area (Å²) in [6.45, 7) is 4.61. The van der Waals surface area contributed by atoms with Crippen LogP contribution in [-0.4, -0.2) is 40.8 Å². The van der Waals surface area contributed by atoms with E-state index in [1.165, 1.54) is 20.8 Å². The first-order chi connectivity index (χ1) is 13.7. The Kier molecular flexibility index (Phi) is 6.38. The maximum atomic E-state index is 12.8. The van der Waals surface area contributed by atoms with Crippen LogP contribution in [-0.2, 0) is 26.5 Å². The van der Waals surface area contributed by atoms with Gasteiger partial charge in [-0.1, -0.05) is 37.6 Å². The van der Waals surface area contributed by atoms with Crippen molar-refractivity contribution in [3.05, 3.63) is 64.0 Å². The van der Waals surface area contributed by atoms with E-state index in [0.29, 0.717) is 35.8 Å². The van der Waals surface area contributed by atoms with Gasteiger partial charge >= 0.3 is 0 Å². The summed E-state index contributed by atoms with van der Waals surface area (Å²) in [7, 11) is -7.28. The molecule has 0 unspecified atom stereocenters. The van der Waals surface area contributed by atoms with E-state index in [-0.39, 0.29) is 11.4 Å². The van der Waals surface area contributed by atoms with Gasteiger partial charge in [-0.25, -0.2) is 16.8 Å². The third-order valence-electron chi connectivity index (χ3n) is 4.86. The Bertz CT molecular complexity index is 1120. The molecule has 0 saturated carbocycles. The van der Waals surface area contributed by atoms with E-state index in [9.17, 15) is 16.8 Å². The van der Waals surface area contributed by atoms with E-state index in [1.807, 2.05) is 0 Å². The maximum absolute atomic E-state index is 12.8. The molecule has 0 aromatic heterocycles. The number of rotatable bonds is 7. The smallest absolute Gasteiger partial charge is 0.257 e. The predicted molar refractivity (Wildman–Crippen MR) is 117 cm³/mol. The highest BCUT2D eigenvalue weighted by molar-refractivity contribution is 7.95. The molecular formula is C20H23ClN2O4S2. The van der Waals surface area contributed by atoms with E-state index in [2.05, 4.69) is 0 Å². The second-order valence-corrected chi connectivity index (χ2v) is 10.7. The first-order valence-corrected chi connectivity index (χ1v) is 12.6. The second-order valence-electron chi connectivity index (χ2n) is 6.60. The molecule has 0 atom stereocenters. The summed E-state index contributed by atoms with van der Waals surface area (Å²) in [6.07, 6.45) is 1.98. The van der Waals surface area contributed by atoms with E-state index in [0.717, 1.165) is 11.0 Å². The third kappa shape index (κ3) is 4.50. The summed E-state index contributed by atoms with van der Waals surface area (Å²) >= 11 is 5.85. The number of sulfonamides is 2. The van der Waals surface area contributed by atoms with Gasteiger partial charge in [0.1, 0.15) is 0 Å². The average Bonchev–Trinajstić information content (AvgIpc) is 3.12. The molecule has 0 radical (unpaired) electrons. The minimum absolute atomic E-state index is 0.191. The highest BCUT2D eigenvalue weighted by atomic mass is 35.5. The number of nitrogens with zero attached hydrogens (tertiary/aromatic N) is 2. The summed E-state index contributed by atoms with van der Waals surface area (Å²) in [5.74, 6) is 0. The number of benzene rings is 2. The van der Waals surface area contributed by atoms with E-state index < -0.39 is 20.0 Å². The van der Waals surface area contributed by atoms with Gasteiger partial charge in [0.25, 0.3) is 10.0 Å². The largest absolute Gasteiger partial charge is 0.266 e. The van der Waals surface area contributed by atoms with Crippen LogP contribution in [0.3, 0.4) is 0 Å². The zero-order valence-electron chi connectivity index (χ0n) is 16.2. The minimum atomic E-state index is -3.70. The predicted octanol–water partition coefficient (Wildman–Crippen LogP) is 3.73. The minimum Gasteiger partial charge on any atom is -0.266 e. The Morgan fingerprint density at radius 3 is 2.31 bits per heavy atom. The molecule has 3 rings (SSSR count). The first kappa shape index (κ1) is 21.8. The summed E-state index contributed by atoms with van der Waals surface area (Å²) in [6, 6.07) is 11.5. The number of anilines is 1. The average molecular weight is 455 g/mol. The van der Waals surface area contributed by atoms with E-state index in [4.69, 9.17) is 11.6 Å². The van der Waals surface area contributed by atoms with Crippen molar-refractivity contribution in [3.63, 3.8) is 0 Å². The van der Waals surface area contributed by atoms with Crippen LogP contribution in [0.1, 0.15) is 25.0 Å². The molecule has 0 aliphatic carbocycles. The fourth-order valence-electron chi connectivity index (χ4n) is 3.30. The van der Waals surface area contributed by atoms with Crippen LogP contribution in [0.4, 0.5) is 5.69 Å². The van der Waals surface area contributed by atoms with Crippen LogP contribution in [0.15, 0.2) is 52.8 Å². The normalized spacial score (nSPS) is 14.7. The van der Waals surface area contributed by atoms with E-state index in [1.54, 1.807) is 50.2 Å². The molecule has 1 heterocycles. The highest BCUT2D eigenvalue weighted by Gasteiger charge is 2.30. The zero-order valence-corrected chi connectivity index (χ0v) is 18.6. The van der Waals surface area contributed by atoms with E-state index >= 15 is 0 Å². The van der Waals surface area contributed by atoms with Crippen LogP contribution in [0.2, 0.25) is 5.02 Å². The van der Waals surface area contributed by atoms with Gasteiger partial charge in [-0.2, -0.15) is 4.31 Å². The molecule has 9 heteroatoms. The molecule has 2 aromatic carbocycles. The summed E-state index contributed by atoms with van der Waals surface area (Å²) in [5, 5.41) is 1.74. The van der Waals surface area contributed by atoms with Crippen molar-refractivity contribution >= 4 is 43.4 Å². The van der Waals surface area contributed by atoms with Crippen LogP contribution < -0.4 is 4.31 Å². The lowest BCUT2D eigenvalue weighted by Crippen LogP contribution is -2.30. The zero-order chi connectivity index (χ0) is 21.2. The summed E-state index contributed by atoms with van der Waals surface area (Å²) in [5.41, 5.74) is 1.95. The standard InChI is InChI=1S/C20H23ClN2O4S2/c1-3-22(4-2)29(26,27)19-9-10-20-17(15-19)11-13-23(20)28(24,25)14-12-16-5-7-18(21)8-6-16/h5-10,12,14-15H,3-4,11,13H2,1-2H3/b14-12+. The fraction of sp³-hybridized carbons (Fsp3) is 0.300. The second kappa shape index (κ2) is 8.47. The molecule has 0 fully saturated rings. The highest BCUT2D eigenvalue weighted by Crippen LogP contribution is 2.33. The lowest BCUT2D eigenvalue weighted by Gasteiger charge is -2.20. The molecule has 0 saturated heterocycles. The molecule has 0 amide bonds. The van der Waals surface area contributed by atoms with Crippen LogP contribution in [0.5, 0.6) is 0 Å². The van der Waals surface area contributed by atoms with Gasteiger partial charge in [0.2, 0.25) is 10.0 Å². The SMILES string of the molecule is CCN(CC)S(=O)(=O)c1ccc2c(c1)CCN2S(=O)(=O)/C=C/c1ccc(Cl)cc1. The lowest BCUT2D eigenvalue weighted by atomic mass is 10.2. The first-order valence-electron chi connectivity index (χ1n) is 9.28. The molecule has 1 aliphatic heterocycles. The number of hydrogen-bond acceptors (Lipinski definition) is 4. The molecule has 0 spiro atoms. The molecule has 0 bridgehead atoms. The fourth-order valence-corrected chi connectivity index (χ4v) is 6.21. The molecular weight excluding hydrogens is 432 g/mol. The Balaban J connectivity index is 1.88. The van der Waals surface area contributed by atoms with Crippen molar-refractivity contribution in [1.29, 1.82) is 0 Å². The Morgan fingerprint density at radius 2 is 1.69 bits per heavy atom. The number of hydrogen-bond donors (Lipinski definition) is 0. The van der Waals surface area contributed by atoms with Crippen LogP contribution in [0, 0.1) is 0 Å². The third-order valence-corrected chi connectivity index (χ3v) is 8.63. The summed E-state index contributed by atoms with van der Waals surface area (Å²) in [4.78, 5) is 0.191. The lowest BCUT2D eigenvalue weighted by molar-refractivity contribution is 0.445. The maximum Gasteiger partial charge on any atom is 0.257 e. The Hall–Kier alpha value is -1.87. The van der Waals surface area contributed by atoms with Crippen LogP contribution >= 0.6 is 11.6 Å². The Morgan fingerprint density at radius 1 is 1.03 bits per heavy atom.